The summed E-state index contributed by atoms with van der Waals surface area (Å²) >= 11 is 1.46. The maximum atomic E-state index is 14.6. The van der Waals surface area contributed by atoms with Crippen molar-refractivity contribution in [3.63, 3.8) is 0 Å². The molecule has 1 amide bonds. The van der Waals surface area contributed by atoms with Gasteiger partial charge >= 0.3 is 0 Å². The average Bonchev–Trinajstić information content (AvgIpc) is 3.12. The molecule has 0 radical (unpaired) electrons. The second kappa shape index (κ2) is 7.95. The first-order chi connectivity index (χ1) is 14.4. The summed E-state index contributed by atoms with van der Waals surface area (Å²) in [6, 6.07) is 15.9. The van der Waals surface area contributed by atoms with E-state index < -0.39 is 5.54 Å². The fourth-order valence-electron chi connectivity index (χ4n) is 3.52. The zero-order chi connectivity index (χ0) is 21.3. The molecule has 2 heterocycles. The van der Waals surface area contributed by atoms with Crippen LogP contribution in [0, 0.1) is 5.82 Å². The van der Waals surface area contributed by atoms with Gasteiger partial charge in [-0.2, -0.15) is 5.10 Å². The SMILES string of the molecule is Cn1nc(-c2ccccc2)cc1C(=O)Nc1ccc(F)c(C2(C)CCSC(N)=N2)c1. The highest BCUT2D eigenvalue weighted by Gasteiger charge is 2.32. The number of carbonyl (C=O) groups excluding carboxylic acids is 1. The number of amides is 1. The fourth-order valence-corrected chi connectivity index (χ4v) is 4.50. The first kappa shape index (κ1) is 20.2. The van der Waals surface area contributed by atoms with Crippen molar-refractivity contribution < 1.29 is 9.18 Å². The van der Waals surface area contributed by atoms with Crippen LogP contribution in [0.2, 0.25) is 0 Å². The second-order valence-corrected chi connectivity index (χ2v) is 8.49. The number of amidine groups is 1. The van der Waals surface area contributed by atoms with Gasteiger partial charge in [0.25, 0.3) is 5.91 Å². The summed E-state index contributed by atoms with van der Waals surface area (Å²) in [4.78, 5) is 17.3. The number of anilines is 1. The Morgan fingerprint density at radius 3 is 2.73 bits per heavy atom. The summed E-state index contributed by atoms with van der Waals surface area (Å²) in [7, 11) is 1.72. The molecule has 4 rings (SSSR count). The first-order valence-corrected chi connectivity index (χ1v) is 10.5. The predicted molar refractivity (Wildman–Crippen MR) is 119 cm³/mol. The summed E-state index contributed by atoms with van der Waals surface area (Å²) in [5.74, 6) is 0.0713. The molecule has 1 aliphatic rings. The van der Waals surface area contributed by atoms with E-state index >= 15 is 0 Å². The third kappa shape index (κ3) is 3.95. The van der Waals surface area contributed by atoms with Crippen molar-refractivity contribution in [1.82, 2.24) is 9.78 Å². The second-order valence-electron chi connectivity index (χ2n) is 7.38. The van der Waals surface area contributed by atoms with Crippen molar-refractivity contribution in [3.05, 3.63) is 71.7 Å². The van der Waals surface area contributed by atoms with Crippen molar-refractivity contribution in [1.29, 1.82) is 0 Å². The fraction of sp³-hybridized carbons (Fsp3) is 0.227. The molecule has 0 fully saturated rings. The number of aliphatic imine (C=N–C) groups is 1. The Morgan fingerprint density at radius 2 is 2.00 bits per heavy atom. The zero-order valence-corrected chi connectivity index (χ0v) is 17.5. The highest BCUT2D eigenvalue weighted by atomic mass is 32.2. The lowest BCUT2D eigenvalue weighted by molar-refractivity contribution is 0.101. The summed E-state index contributed by atoms with van der Waals surface area (Å²) in [6.07, 6.45) is 0.662. The van der Waals surface area contributed by atoms with Crippen molar-refractivity contribution in [2.45, 2.75) is 18.9 Å². The number of rotatable bonds is 4. The number of carbonyl (C=O) groups is 1. The maximum absolute atomic E-state index is 14.6. The van der Waals surface area contributed by atoms with Gasteiger partial charge in [-0.15, -0.1) is 0 Å². The molecular weight excluding hydrogens is 401 g/mol. The van der Waals surface area contributed by atoms with Crippen LogP contribution in [0.1, 0.15) is 29.4 Å². The van der Waals surface area contributed by atoms with Gasteiger partial charge < -0.3 is 11.1 Å². The van der Waals surface area contributed by atoms with Gasteiger partial charge in [-0.05, 0) is 37.6 Å². The van der Waals surface area contributed by atoms with Crippen LogP contribution in [-0.2, 0) is 12.6 Å². The highest BCUT2D eigenvalue weighted by Crippen LogP contribution is 2.37. The molecule has 0 bridgehead atoms. The molecule has 1 aromatic heterocycles. The minimum absolute atomic E-state index is 0.322. The lowest BCUT2D eigenvalue weighted by Gasteiger charge is -2.30. The Balaban J connectivity index is 1.60. The molecule has 0 saturated carbocycles. The summed E-state index contributed by atoms with van der Waals surface area (Å²) in [5, 5.41) is 7.72. The molecule has 3 aromatic rings. The molecule has 0 aliphatic carbocycles. The van der Waals surface area contributed by atoms with Gasteiger partial charge in [0.1, 0.15) is 11.5 Å². The van der Waals surface area contributed by atoms with Gasteiger partial charge in [-0.3, -0.25) is 14.5 Å². The van der Waals surface area contributed by atoms with E-state index in [1.54, 1.807) is 25.2 Å². The third-order valence-electron chi connectivity index (χ3n) is 5.18. The van der Waals surface area contributed by atoms with Crippen molar-refractivity contribution in [2.24, 2.45) is 17.8 Å². The first-order valence-electron chi connectivity index (χ1n) is 9.55. The standard InChI is InChI=1S/C22H22FN5OS/c1-22(10-11-30-21(24)26-22)16-12-15(8-9-17(16)23)25-20(29)19-13-18(27-28(19)2)14-6-4-3-5-7-14/h3-9,12-13H,10-11H2,1-2H3,(H2,24,26)(H,25,29). The molecule has 1 atom stereocenters. The summed E-state index contributed by atoms with van der Waals surface area (Å²) in [5.41, 5.74) is 8.06. The van der Waals surface area contributed by atoms with E-state index in [-0.39, 0.29) is 11.7 Å². The van der Waals surface area contributed by atoms with Crippen molar-refractivity contribution in [2.75, 3.05) is 11.1 Å². The van der Waals surface area contributed by atoms with E-state index in [1.807, 2.05) is 37.3 Å². The van der Waals surface area contributed by atoms with Crippen LogP contribution in [0.5, 0.6) is 0 Å². The molecule has 1 unspecified atom stereocenters. The number of benzene rings is 2. The third-order valence-corrected chi connectivity index (χ3v) is 5.98. The highest BCUT2D eigenvalue weighted by molar-refractivity contribution is 8.13. The van der Waals surface area contributed by atoms with Crippen LogP contribution in [0.15, 0.2) is 59.6 Å². The topological polar surface area (TPSA) is 85.3 Å². The molecule has 30 heavy (non-hydrogen) atoms. The van der Waals surface area contributed by atoms with Gasteiger partial charge in [-0.1, -0.05) is 42.1 Å². The largest absolute Gasteiger partial charge is 0.379 e. The Hall–Kier alpha value is -3.13. The van der Waals surface area contributed by atoms with E-state index in [4.69, 9.17) is 5.73 Å². The van der Waals surface area contributed by atoms with Crippen LogP contribution < -0.4 is 11.1 Å². The normalized spacial score (nSPS) is 18.7. The minimum Gasteiger partial charge on any atom is -0.379 e. The van der Waals surface area contributed by atoms with Crippen LogP contribution in [0.4, 0.5) is 10.1 Å². The Morgan fingerprint density at radius 1 is 1.23 bits per heavy atom. The average molecular weight is 424 g/mol. The van der Waals surface area contributed by atoms with Gasteiger partial charge in [0, 0.05) is 29.6 Å². The molecule has 8 heteroatoms. The monoisotopic (exact) mass is 423 g/mol. The number of halogens is 1. The minimum atomic E-state index is -0.757. The zero-order valence-electron chi connectivity index (χ0n) is 16.7. The maximum Gasteiger partial charge on any atom is 0.273 e. The number of aryl methyl sites for hydroxylation is 1. The lowest BCUT2D eigenvalue weighted by atomic mass is 9.89. The van der Waals surface area contributed by atoms with Crippen LogP contribution in [0.25, 0.3) is 11.3 Å². The molecule has 6 nitrogen and oxygen atoms in total. The van der Waals surface area contributed by atoms with Crippen molar-refractivity contribution in [3.8, 4) is 11.3 Å². The number of hydrogen-bond donors (Lipinski definition) is 2. The number of nitrogens with two attached hydrogens (primary N) is 1. The van der Waals surface area contributed by atoms with Gasteiger partial charge in [0.05, 0.1) is 11.2 Å². The van der Waals surface area contributed by atoms with E-state index in [2.05, 4.69) is 15.4 Å². The molecule has 0 spiro atoms. The van der Waals surface area contributed by atoms with E-state index in [1.165, 1.54) is 22.5 Å². The molecule has 2 aromatic carbocycles. The number of aromatic nitrogens is 2. The van der Waals surface area contributed by atoms with E-state index in [9.17, 15) is 9.18 Å². The molecule has 3 N–H and O–H groups in total. The number of thioether (sulfide) groups is 1. The Kier molecular flexibility index (Phi) is 5.34. The van der Waals surface area contributed by atoms with E-state index in [0.29, 0.717) is 34.2 Å². The summed E-state index contributed by atoms with van der Waals surface area (Å²) in [6.45, 7) is 1.86. The van der Waals surface area contributed by atoms with Crippen LogP contribution >= 0.6 is 11.8 Å². The van der Waals surface area contributed by atoms with Crippen LogP contribution in [-0.4, -0.2) is 26.6 Å². The quantitative estimate of drug-likeness (QED) is 0.660. The molecule has 154 valence electrons. The molecule has 1 aliphatic heterocycles. The number of hydrogen-bond acceptors (Lipinski definition) is 5. The molecule has 0 saturated heterocycles. The van der Waals surface area contributed by atoms with Gasteiger partial charge in [0.2, 0.25) is 0 Å². The Labute approximate surface area is 178 Å². The predicted octanol–water partition coefficient (Wildman–Crippen LogP) is 4.15. The molecular formula is C22H22FN5OS. The van der Waals surface area contributed by atoms with Gasteiger partial charge in [0.15, 0.2) is 5.17 Å². The smallest absolute Gasteiger partial charge is 0.273 e. The lowest BCUT2D eigenvalue weighted by Crippen LogP contribution is -2.30. The Bertz CT molecular complexity index is 1130. The number of nitrogens with zero attached hydrogens (tertiary/aromatic N) is 3. The van der Waals surface area contributed by atoms with E-state index in [0.717, 1.165) is 11.3 Å². The van der Waals surface area contributed by atoms with Crippen LogP contribution in [0.3, 0.4) is 0 Å². The summed E-state index contributed by atoms with van der Waals surface area (Å²) < 4.78 is 16.1. The number of nitrogens with one attached hydrogen (secondary N) is 1. The van der Waals surface area contributed by atoms with Crippen molar-refractivity contribution >= 4 is 28.5 Å². The van der Waals surface area contributed by atoms with Gasteiger partial charge in [-0.25, -0.2) is 4.39 Å².